The van der Waals surface area contributed by atoms with Gasteiger partial charge in [-0.2, -0.15) is 0 Å². The zero-order valence-electron chi connectivity index (χ0n) is 19.3. The molecule has 0 spiro atoms. The number of amides is 2. The molecule has 1 aromatic carbocycles. The number of anilines is 3. The van der Waals surface area contributed by atoms with E-state index in [1.807, 2.05) is 26.0 Å². The molecule has 2 aromatic heterocycles. The van der Waals surface area contributed by atoms with Crippen molar-refractivity contribution in [2.75, 3.05) is 41.4 Å². The zero-order chi connectivity index (χ0) is 23.7. The number of carbonyl (C=O) groups is 1. The van der Waals surface area contributed by atoms with Crippen molar-refractivity contribution in [3.8, 4) is 17.1 Å². The number of aryl methyl sites for hydroxylation is 2. The fourth-order valence-electron chi connectivity index (χ4n) is 4.46. The second kappa shape index (κ2) is 9.24. The van der Waals surface area contributed by atoms with E-state index in [1.54, 1.807) is 17.0 Å². The van der Waals surface area contributed by atoms with E-state index in [0.29, 0.717) is 47.6 Å². The molecule has 0 unspecified atom stereocenters. The third-order valence-electron chi connectivity index (χ3n) is 5.96. The van der Waals surface area contributed by atoms with Crippen molar-refractivity contribution < 1.29 is 13.9 Å². The number of pyridine rings is 1. The van der Waals surface area contributed by atoms with E-state index in [4.69, 9.17) is 9.72 Å². The first kappa shape index (κ1) is 22.1. The predicted octanol–water partition coefficient (Wildman–Crippen LogP) is 4.72. The predicted molar refractivity (Wildman–Crippen MR) is 129 cm³/mol. The number of nitrogens with one attached hydrogen (secondary N) is 1. The Kier molecular flexibility index (Phi) is 6.00. The molecule has 176 valence electrons. The van der Waals surface area contributed by atoms with Crippen LogP contribution in [-0.2, 0) is 0 Å². The van der Waals surface area contributed by atoms with Crippen LogP contribution in [0.4, 0.5) is 26.5 Å². The molecule has 0 bridgehead atoms. The topological polar surface area (TPSA) is 83.5 Å². The maximum absolute atomic E-state index is 14.0. The van der Waals surface area contributed by atoms with Gasteiger partial charge in [-0.25, -0.2) is 19.2 Å². The molecule has 5 rings (SSSR count). The number of hydrogen-bond acceptors (Lipinski definition) is 6. The van der Waals surface area contributed by atoms with Crippen LogP contribution < -0.4 is 19.9 Å². The van der Waals surface area contributed by atoms with Crippen molar-refractivity contribution >= 4 is 23.4 Å². The maximum Gasteiger partial charge on any atom is 0.327 e. The summed E-state index contributed by atoms with van der Waals surface area (Å²) < 4.78 is 20.0. The van der Waals surface area contributed by atoms with Gasteiger partial charge in [0.15, 0.2) is 17.5 Å². The Balaban J connectivity index is 1.56. The first-order chi connectivity index (χ1) is 16.5. The second-order valence-corrected chi connectivity index (χ2v) is 8.65. The summed E-state index contributed by atoms with van der Waals surface area (Å²) in [4.78, 5) is 30.9. The lowest BCUT2D eigenvalue weighted by molar-refractivity contribution is 0.249. The van der Waals surface area contributed by atoms with Crippen molar-refractivity contribution in [2.24, 2.45) is 0 Å². The quantitative estimate of drug-likeness (QED) is 0.607. The van der Waals surface area contributed by atoms with Gasteiger partial charge in [-0.05, 0) is 57.4 Å². The molecule has 9 heteroatoms. The molecule has 1 fully saturated rings. The van der Waals surface area contributed by atoms with Crippen LogP contribution >= 0.6 is 0 Å². The van der Waals surface area contributed by atoms with Crippen LogP contribution in [0.5, 0.6) is 5.75 Å². The van der Waals surface area contributed by atoms with Crippen LogP contribution in [0.2, 0.25) is 0 Å². The molecule has 8 nitrogen and oxygen atoms in total. The molecule has 2 aliphatic heterocycles. The number of aromatic nitrogens is 3. The average molecular weight is 463 g/mol. The van der Waals surface area contributed by atoms with Crippen molar-refractivity contribution in [1.29, 1.82) is 0 Å². The van der Waals surface area contributed by atoms with E-state index in [0.717, 1.165) is 37.3 Å². The summed E-state index contributed by atoms with van der Waals surface area (Å²) in [7, 11) is 0. The molecule has 1 N–H and O–H groups in total. The highest BCUT2D eigenvalue weighted by atomic mass is 19.1. The fraction of sp³-hybridized carbons (Fsp3) is 0.360. The van der Waals surface area contributed by atoms with Gasteiger partial charge in [0, 0.05) is 35.7 Å². The number of urea groups is 1. The van der Waals surface area contributed by atoms with E-state index in [1.165, 1.54) is 18.6 Å². The summed E-state index contributed by atoms with van der Waals surface area (Å²) in [6.07, 6.45) is 3.28. The minimum absolute atomic E-state index is 0.317. The minimum atomic E-state index is -0.368. The number of piperidine rings is 1. The van der Waals surface area contributed by atoms with Crippen LogP contribution in [0.15, 0.2) is 36.4 Å². The third kappa shape index (κ3) is 4.50. The fourth-order valence-corrected chi connectivity index (χ4v) is 4.46. The van der Waals surface area contributed by atoms with E-state index in [9.17, 15) is 9.18 Å². The summed E-state index contributed by atoms with van der Waals surface area (Å²) >= 11 is 0. The molecule has 2 amide bonds. The number of hydrogen-bond donors (Lipinski definition) is 1. The number of nitrogens with zero attached hydrogens (tertiary/aromatic N) is 5. The maximum atomic E-state index is 14.0. The summed E-state index contributed by atoms with van der Waals surface area (Å²) in [6.45, 7) is 6.12. The van der Waals surface area contributed by atoms with Gasteiger partial charge in [0.25, 0.3) is 0 Å². The number of fused-ring (bicyclic) bond motifs is 1. The number of halogens is 1. The van der Waals surface area contributed by atoms with Gasteiger partial charge in [-0.1, -0.05) is 12.1 Å². The summed E-state index contributed by atoms with van der Waals surface area (Å²) in [5.74, 6) is 1.52. The first-order valence-electron chi connectivity index (χ1n) is 11.6. The number of rotatable bonds is 3. The summed E-state index contributed by atoms with van der Waals surface area (Å²) in [6, 6.07) is 9.51. The van der Waals surface area contributed by atoms with E-state index < -0.39 is 0 Å². The Bertz CT molecular complexity index is 1210. The highest BCUT2D eigenvalue weighted by Crippen LogP contribution is 2.40. The van der Waals surface area contributed by atoms with Crippen LogP contribution in [0.25, 0.3) is 11.4 Å². The van der Waals surface area contributed by atoms with Crippen LogP contribution in [0.3, 0.4) is 0 Å². The van der Waals surface area contributed by atoms with Gasteiger partial charge < -0.3 is 15.0 Å². The Morgan fingerprint density at radius 1 is 0.971 bits per heavy atom. The van der Waals surface area contributed by atoms with Gasteiger partial charge in [-0.3, -0.25) is 9.88 Å². The average Bonchev–Trinajstić information content (AvgIpc) is 2.83. The molecule has 4 heterocycles. The zero-order valence-corrected chi connectivity index (χ0v) is 19.3. The number of ether oxygens (including phenoxy) is 1. The SMILES string of the molecule is Cc1cc(NC(=O)N2CCOc3c(N4CCCCC4)nc(-c4cccc(F)c4)nc32)cc(C)n1. The minimum Gasteiger partial charge on any atom is -0.485 e. The molecular formula is C25H27FN6O2. The largest absolute Gasteiger partial charge is 0.485 e. The lowest BCUT2D eigenvalue weighted by Gasteiger charge is -2.34. The lowest BCUT2D eigenvalue weighted by Crippen LogP contribution is -2.42. The molecule has 2 aliphatic rings. The van der Waals surface area contributed by atoms with Gasteiger partial charge in [0.1, 0.15) is 12.4 Å². The molecule has 34 heavy (non-hydrogen) atoms. The third-order valence-corrected chi connectivity index (χ3v) is 5.96. The summed E-state index contributed by atoms with van der Waals surface area (Å²) in [5, 5.41) is 2.96. The molecule has 0 saturated carbocycles. The Labute approximate surface area is 197 Å². The molecule has 0 radical (unpaired) electrons. The first-order valence-corrected chi connectivity index (χ1v) is 11.6. The van der Waals surface area contributed by atoms with Gasteiger partial charge in [0.2, 0.25) is 5.75 Å². The molecule has 1 saturated heterocycles. The van der Waals surface area contributed by atoms with Crippen LogP contribution in [0.1, 0.15) is 30.7 Å². The number of benzene rings is 1. The van der Waals surface area contributed by atoms with Gasteiger partial charge >= 0.3 is 6.03 Å². The second-order valence-electron chi connectivity index (χ2n) is 8.65. The Morgan fingerprint density at radius 3 is 2.44 bits per heavy atom. The van der Waals surface area contributed by atoms with Crippen molar-refractivity contribution in [3.05, 3.63) is 53.6 Å². The van der Waals surface area contributed by atoms with E-state index in [-0.39, 0.29) is 11.8 Å². The summed E-state index contributed by atoms with van der Waals surface area (Å²) in [5.41, 5.74) is 2.85. The standard InChI is InChI=1S/C25H27FN6O2/c1-16-13-20(14-17(2)27-16)28-25(33)32-11-12-34-21-23(31-9-4-3-5-10-31)29-22(30-24(21)32)18-7-6-8-19(26)15-18/h6-8,13-15H,3-5,9-12H2,1-2H3,(H,27,28,33). The normalized spacial score (nSPS) is 15.5. The van der Waals surface area contributed by atoms with Crippen molar-refractivity contribution in [2.45, 2.75) is 33.1 Å². The van der Waals surface area contributed by atoms with Crippen LogP contribution in [0, 0.1) is 19.7 Å². The highest BCUT2D eigenvalue weighted by Gasteiger charge is 2.32. The van der Waals surface area contributed by atoms with Crippen LogP contribution in [-0.4, -0.2) is 47.2 Å². The van der Waals surface area contributed by atoms with Gasteiger partial charge in [-0.15, -0.1) is 0 Å². The van der Waals surface area contributed by atoms with Crippen molar-refractivity contribution in [1.82, 2.24) is 15.0 Å². The number of carbonyl (C=O) groups excluding carboxylic acids is 1. The lowest BCUT2D eigenvalue weighted by atomic mass is 10.1. The van der Waals surface area contributed by atoms with Gasteiger partial charge in [0.05, 0.1) is 6.54 Å². The molecule has 3 aromatic rings. The van der Waals surface area contributed by atoms with E-state index in [2.05, 4.69) is 20.2 Å². The Morgan fingerprint density at radius 2 is 1.71 bits per heavy atom. The molecule has 0 aliphatic carbocycles. The van der Waals surface area contributed by atoms with Crippen molar-refractivity contribution in [3.63, 3.8) is 0 Å². The monoisotopic (exact) mass is 462 g/mol. The Hall–Kier alpha value is -3.75. The smallest absolute Gasteiger partial charge is 0.327 e. The van der Waals surface area contributed by atoms with E-state index >= 15 is 0 Å². The molecule has 0 atom stereocenters. The highest BCUT2D eigenvalue weighted by molar-refractivity contribution is 6.03. The molecular weight excluding hydrogens is 435 g/mol.